The molecule has 0 amide bonds. The second-order valence-corrected chi connectivity index (χ2v) is 7.52. The van der Waals surface area contributed by atoms with Crippen molar-refractivity contribution < 1.29 is 18.6 Å². The summed E-state index contributed by atoms with van der Waals surface area (Å²) < 4.78 is 33.3. The van der Waals surface area contributed by atoms with Crippen LogP contribution in [0, 0.1) is 11.6 Å². The van der Waals surface area contributed by atoms with Crippen molar-refractivity contribution in [2.75, 3.05) is 20.2 Å². The first-order valence-electron chi connectivity index (χ1n) is 8.90. The van der Waals surface area contributed by atoms with Crippen LogP contribution in [0.25, 0.3) is 11.3 Å². The third-order valence-electron chi connectivity index (χ3n) is 4.12. The van der Waals surface area contributed by atoms with Crippen LogP contribution in [-0.2, 0) is 17.9 Å². The quantitative estimate of drug-likeness (QED) is 0.583. The average molecular weight is 404 g/mol. The van der Waals surface area contributed by atoms with Crippen LogP contribution in [0.4, 0.5) is 8.78 Å². The largest absolute Gasteiger partial charge is 0.389 e. The number of hydrogen-bond donors (Lipinski definition) is 1. The van der Waals surface area contributed by atoms with Gasteiger partial charge in [0, 0.05) is 11.9 Å². The molecule has 0 unspecified atom stereocenters. The van der Waals surface area contributed by atoms with E-state index in [1.807, 2.05) is 42.3 Å². The molecule has 1 aromatic heterocycles. The summed E-state index contributed by atoms with van der Waals surface area (Å²) in [5.74, 6) is -1.26. The van der Waals surface area contributed by atoms with Gasteiger partial charge in [-0.05, 0) is 24.7 Å². The summed E-state index contributed by atoms with van der Waals surface area (Å²) in [6.45, 7) is 1.54. The van der Waals surface area contributed by atoms with E-state index in [9.17, 15) is 13.9 Å². The van der Waals surface area contributed by atoms with Crippen molar-refractivity contribution in [3.8, 4) is 11.3 Å². The fraction of sp³-hybridized carbons (Fsp3) is 0.286. The van der Waals surface area contributed by atoms with Crippen LogP contribution in [0.5, 0.6) is 0 Å². The molecule has 4 nitrogen and oxygen atoms in total. The number of aliphatic hydroxyl groups excluding tert-OH is 1. The van der Waals surface area contributed by atoms with Gasteiger partial charge in [0.25, 0.3) is 0 Å². The Morgan fingerprint density at radius 1 is 1.11 bits per heavy atom. The molecule has 0 bridgehead atoms. The normalized spacial score (nSPS) is 12.5. The van der Waals surface area contributed by atoms with Crippen LogP contribution < -0.4 is 0 Å². The molecule has 0 radical (unpaired) electrons. The van der Waals surface area contributed by atoms with Gasteiger partial charge < -0.3 is 9.84 Å². The standard InChI is InChI=1S/C21H22F2N2O2S/c1-25(10-16(26)13-27-12-15-6-3-2-4-7-15)11-20-24-19(14-28-20)21-17(22)8-5-9-18(21)23/h2-9,14,16,26H,10-13H2,1H3/t16-/m1/s1. The third kappa shape index (κ3) is 5.65. The summed E-state index contributed by atoms with van der Waals surface area (Å²) in [7, 11) is 1.85. The van der Waals surface area contributed by atoms with Gasteiger partial charge in [-0.3, -0.25) is 4.90 Å². The SMILES string of the molecule is CN(Cc1nc(-c2c(F)cccc2F)cs1)C[C@@H](O)COCc1ccccc1. The van der Waals surface area contributed by atoms with Crippen molar-refractivity contribution >= 4 is 11.3 Å². The summed E-state index contributed by atoms with van der Waals surface area (Å²) in [5, 5.41) is 12.5. The van der Waals surface area contributed by atoms with E-state index in [4.69, 9.17) is 4.74 Å². The number of rotatable bonds is 9. The first-order chi connectivity index (χ1) is 13.5. The Balaban J connectivity index is 1.48. The minimum absolute atomic E-state index is 0.109. The molecular formula is C21H22F2N2O2S. The van der Waals surface area contributed by atoms with E-state index >= 15 is 0 Å². The highest BCUT2D eigenvalue weighted by Crippen LogP contribution is 2.27. The predicted octanol–water partition coefficient (Wildman–Crippen LogP) is 4.10. The summed E-state index contributed by atoms with van der Waals surface area (Å²) in [6.07, 6.45) is -0.642. The fourth-order valence-electron chi connectivity index (χ4n) is 2.84. The lowest BCUT2D eigenvalue weighted by atomic mass is 10.1. The van der Waals surface area contributed by atoms with Crippen molar-refractivity contribution in [3.05, 3.63) is 76.1 Å². The molecule has 0 aliphatic carbocycles. The second kappa shape index (κ2) is 9.84. The zero-order valence-electron chi connectivity index (χ0n) is 15.5. The number of halogens is 2. The molecule has 3 aromatic rings. The van der Waals surface area contributed by atoms with Gasteiger partial charge in [-0.15, -0.1) is 11.3 Å². The Morgan fingerprint density at radius 2 is 1.82 bits per heavy atom. The molecule has 1 heterocycles. The molecule has 0 fully saturated rings. The van der Waals surface area contributed by atoms with Crippen LogP contribution in [0.2, 0.25) is 0 Å². The van der Waals surface area contributed by atoms with Gasteiger partial charge in [0.1, 0.15) is 16.6 Å². The third-order valence-corrected chi connectivity index (χ3v) is 4.95. The Kier molecular flexibility index (Phi) is 7.22. The smallest absolute Gasteiger partial charge is 0.135 e. The van der Waals surface area contributed by atoms with Gasteiger partial charge in [0.2, 0.25) is 0 Å². The molecule has 148 valence electrons. The average Bonchev–Trinajstić information content (AvgIpc) is 3.10. The lowest BCUT2D eigenvalue weighted by molar-refractivity contribution is 0.0127. The van der Waals surface area contributed by atoms with Crippen molar-refractivity contribution in [2.24, 2.45) is 0 Å². The Morgan fingerprint density at radius 3 is 2.54 bits per heavy atom. The number of aliphatic hydroxyl groups is 1. The van der Waals surface area contributed by atoms with Crippen molar-refractivity contribution in [1.29, 1.82) is 0 Å². The van der Waals surface area contributed by atoms with Gasteiger partial charge in [-0.2, -0.15) is 0 Å². The van der Waals surface area contributed by atoms with Crippen LogP contribution >= 0.6 is 11.3 Å². The van der Waals surface area contributed by atoms with E-state index in [0.29, 0.717) is 19.7 Å². The maximum Gasteiger partial charge on any atom is 0.135 e. The fourth-order valence-corrected chi connectivity index (χ4v) is 3.70. The highest BCUT2D eigenvalue weighted by molar-refractivity contribution is 7.09. The van der Waals surface area contributed by atoms with Crippen molar-refractivity contribution in [1.82, 2.24) is 9.88 Å². The van der Waals surface area contributed by atoms with E-state index in [1.54, 1.807) is 5.38 Å². The van der Waals surface area contributed by atoms with Gasteiger partial charge in [0.05, 0.1) is 37.1 Å². The number of thiazole rings is 1. The van der Waals surface area contributed by atoms with Gasteiger partial charge in [-0.1, -0.05) is 36.4 Å². The van der Waals surface area contributed by atoms with Crippen molar-refractivity contribution in [2.45, 2.75) is 19.3 Å². The maximum atomic E-state index is 13.9. The van der Waals surface area contributed by atoms with Gasteiger partial charge >= 0.3 is 0 Å². The molecule has 2 aromatic carbocycles. The monoisotopic (exact) mass is 404 g/mol. The van der Waals surface area contributed by atoms with Crippen LogP contribution in [-0.4, -0.2) is 41.3 Å². The predicted molar refractivity (Wildman–Crippen MR) is 106 cm³/mol. The molecule has 1 N–H and O–H groups in total. The van der Waals surface area contributed by atoms with Gasteiger partial charge in [0.15, 0.2) is 0 Å². The van der Waals surface area contributed by atoms with E-state index in [0.717, 1.165) is 10.6 Å². The molecule has 0 aliphatic rings. The maximum absolute atomic E-state index is 13.9. The zero-order valence-corrected chi connectivity index (χ0v) is 16.3. The lowest BCUT2D eigenvalue weighted by Gasteiger charge is -2.19. The zero-order chi connectivity index (χ0) is 19.9. The Bertz CT molecular complexity index is 869. The van der Waals surface area contributed by atoms with E-state index in [1.165, 1.54) is 29.5 Å². The highest BCUT2D eigenvalue weighted by atomic mass is 32.1. The molecule has 28 heavy (non-hydrogen) atoms. The highest BCUT2D eigenvalue weighted by Gasteiger charge is 2.16. The number of nitrogens with zero attached hydrogens (tertiary/aromatic N) is 2. The molecule has 7 heteroatoms. The lowest BCUT2D eigenvalue weighted by Crippen LogP contribution is -2.31. The first kappa shape index (κ1) is 20.5. The molecule has 0 saturated carbocycles. The Labute approximate surface area is 167 Å². The van der Waals surface area contributed by atoms with E-state index in [2.05, 4.69) is 4.98 Å². The minimum Gasteiger partial charge on any atom is -0.389 e. The summed E-state index contributed by atoms with van der Waals surface area (Å²) in [6, 6.07) is 13.5. The first-order valence-corrected chi connectivity index (χ1v) is 9.78. The van der Waals surface area contributed by atoms with Crippen LogP contribution in [0.1, 0.15) is 10.6 Å². The molecule has 0 aliphatic heterocycles. The number of benzene rings is 2. The Hall–Kier alpha value is -2.19. The molecule has 0 saturated heterocycles. The topological polar surface area (TPSA) is 45.6 Å². The number of aromatic nitrogens is 1. The second-order valence-electron chi connectivity index (χ2n) is 6.57. The van der Waals surface area contributed by atoms with E-state index < -0.39 is 17.7 Å². The molecule has 1 atom stereocenters. The molecular weight excluding hydrogens is 382 g/mol. The van der Waals surface area contributed by atoms with Crippen LogP contribution in [0.3, 0.4) is 0 Å². The van der Waals surface area contributed by atoms with Crippen LogP contribution in [0.15, 0.2) is 53.9 Å². The van der Waals surface area contributed by atoms with E-state index in [-0.39, 0.29) is 17.9 Å². The summed E-state index contributed by atoms with van der Waals surface area (Å²) in [4.78, 5) is 6.23. The van der Waals surface area contributed by atoms with Crippen molar-refractivity contribution in [3.63, 3.8) is 0 Å². The number of likely N-dealkylation sites (N-methyl/N-ethyl adjacent to an activating group) is 1. The number of hydrogen-bond acceptors (Lipinski definition) is 5. The number of ether oxygens (including phenoxy) is 1. The molecule has 3 rings (SSSR count). The minimum atomic E-state index is -0.642. The summed E-state index contributed by atoms with van der Waals surface area (Å²) in [5.41, 5.74) is 1.23. The molecule has 0 spiro atoms. The summed E-state index contributed by atoms with van der Waals surface area (Å²) >= 11 is 1.33. The van der Waals surface area contributed by atoms with Gasteiger partial charge in [-0.25, -0.2) is 13.8 Å².